The first-order valence-electron chi connectivity index (χ1n) is 3.90. The lowest BCUT2D eigenvalue weighted by atomic mass is 10.5. The average molecular weight is 182 g/mol. The van der Waals surface area contributed by atoms with Gasteiger partial charge in [-0.25, -0.2) is 4.98 Å². The van der Waals surface area contributed by atoms with E-state index in [2.05, 4.69) is 9.72 Å². The van der Waals surface area contributed by atoms with Crippen LogP contribution in [0, 0.1) is 0 Å². The van der Waals surface area contributed by atoms with Crippen molar-refractivity contribution in [2.24, 2.45) is 0 Å². The van der Waals surface area contributed by atoms with Crippen LogP contribution >= 0.6 is 0 Å². The predicted octanol–water partition coefficient (Wildman–Crippen LogP) is -0.194. The molecular weight excluding hydrogens is 172 g/mol. The van der Waals surface area contributed by atoms with Crippen LogP contribution in [0.2, 0.25) is 0 Å². The van der Waals surface area contributed by atoms with E-state index in [0.29, 0.717) is 6.61 Å². The molecule has 0 bridgehead atoms. The molecule has 0 saturated carbocycles. The van der Waals surface area contributed by atoms with Gasteiger partial charge >= 0.3 is 5.97 Å². The molecule has 1 heterocycles. The molecule has 5 nitrogen and oxygen atoms in total. The smallest absolute Gasteiger partial charge is 0.326 e. The van der Waals surface area contributed by atoms with Gasteiger partial charge in [0.25, 0.3) is 5.56 Å². The fourth-order valence-corrected chi connectivity index (χ4v) is 0.843. The Morgan fingerprint density at radius 2 is 2.46 bits per heavy atom. The van der Waals surface area contributed by atoms with Crippen molar-refractivity contribution in [3.05, 3.63) is 28.9 Å². The topological polar surface area (TPSA) is 61.2 Å². The standard InChI is InChI=1S/C8H10N2O3/c1-2-13-8(12)5-10-6-9-4-3-7(10)11/h3-4,6H,2,5H2,1H3. The van der Waals surface area contributed by atoms with Crippen LogP contribution < -0.4 is 5.56 Å². The van der Waals surface area contributed by atoms with Gasteiger partial charge in [0.15, 0.2) is 0 Å². The maximum Gasteiger partial charge on any atom is 0.326 e. The Morgan fingerprint density at radius 1 is 1.69 bits per heavy atom. The van der Waals surface area contributed by atoms with E-state index in [4.69, 9.17) is 0 Å². The number of nitrogens with zero attached hydrogens (tertiary/aromatic N) is 2. The third-order valence-corrected chi connectivity index (χ3v) is 1.40. The van der Waals surface area contributed by atoms with E-state index >= 15 is 0 Å². The van der Waals surface area contributed by atoms with Gasteiger partial charge in [-0.3, -0.25) is 14.2 Å². The Morgan fingerprint density at radius 3 is 3.08 bits per heavy atom. The second-order valence-corrected chi connectivity index (χ2v) is 2.35. The van der Waals surface area contributed by atoms with Crippen molar-refractivity contribution < 1.29 is 9.53 Å². The largest absolute Gasteiger partial charge is 0.465 e. The molecule has 0 saturated heterocycles. The van der Waals surface area contributed by atoms with E-state index in [1.165, 1.54) is 23.2 Å². The SMILES string of the molecule is CCOC(=O)Cn1cnccc1=O. The molecule has 0 aromatic carbocycles. The Labute approximate surface area is 75.0 Å². The van der Waals surface area contributed by atoms with Crippen LogP contribution in [0.4, 0.5) is 0 Å². The summed E-state index contributed by atoms with van der Waals surface area (Å²) in [5.74, 6) is -0.433. The van der Waals surface area contributed by atoms with Gasteiger partial charge in [-0.05, 0) is 6.92 Å². The highest BCUT2D eigenvalue weighted by molar-refractivity contribution is 5.69. The summed E-state index contributed by atoms with van der Waals surface area (Å²) in [6.07, 6.45) is 2.68. The lowest BCUT2D eigenvalue weighted by Crippen LogP contribution is -2.24. The van der Waals surface area contributed by atoms with E-state index in [1.807, 2.05) is 0 Å². The highest BCUT2D eigenvalue weighted by Gasteiger charge is 2.03. The minimum atomic E-state index is -0.433. The number of hydrogen-bond acceptors (Lipinski definition) is 4. The average Bonchev–Trinajstić information content (AvgIpc) is 2.09. The molecule has 0 unspecified atom stereocenters. The van der Waals surface area contributed by atoms with E-state index in [1.54, 1.807) is 6.92 Å². The molecule has 1 rings (SSSR count). The molecule has 0 amide bonds. The molecule has 1 aromatic heterocycles. The van der Waals surface area contributed by atoms with Gasteiger partial charge in [0.05, 0.1) is 12.9 Å². The van der Waals surface area contributed by atoms with Crippen LogP contribution in [0.5, 0.6) is 0 Å². The zero-order valence-electron chi connectivity index (χ0n) is 7.27. The summed E-state index contributed by atoms with van der Waals surface area (Å²) >= 11 is 0. The second kappa shape index (κ2) is 4.39. The van der Waals surface area contributed by atoms with Crippen LogP contribution in [0.25, 0.3) is 0 Å². The van der Waals surface area contributed by atoms with Crippen LogP contribution in [0.1, 0.15) is 6.92 Å². The number of ether oxygens (including phenoxy) is 1. The van der Waals surface area contributed by atoms with E-state index < -0.39 is 5.97 Å². The molecule has 5 heteroatoms. The van der Waals surface area contributed by atoms with Crippen molar-refractivity contribution in [1.29, 1.82) is 0 Å². The summed E-state index contributed by atoms with van der Waals surface area (Å²) in [4.78, 5) is 25.7. The molecule has 70 valence electrons. The number of hydrogen-bond donors (Lipinski definition) is 0. The third-order valence-electron chi connectivity index (χ3n) is 1.40. The van der Waals surface area contributed by atoms with Gasteiger partial charge in [0.2, 0.25) is 0 Å². The number of carbonyl (C=O) groups is 1. The van der Waals surface area contributed by atoms with Crippen molar-refractivity contribution in [2.75, 3.05) is 6.61 Å². The van der Waals surface area contributed by atoms with Crippen LogP contribution in [0.3, 0.4) is 0 Å². The van der Waals surface area contributed by atoms with Crippen molar-refractivity contribution >= 4 is 5.97 Å². The zero-order chi connectivity index (χ0) is 9.68. The minimum Gasteiger partial charge on any atom is -0.465 e. The fraction of sp³-hybridized carbons (Fsp3) is 0.375. The van der Waals surface area contributed by atoms with E-state index in [9.17, 15) is 9.59 Å². The molecule has 0 aliphatic carbocycles. The first-order chi connectivity index (χ1) is 6.24. The van der Waals surface area contributed by atoms with Gasteiger partial charge in [-0.15, -0.1) is 0 Å². The van der Waals surface area contributed by atoms with Gasteiger partial charge in [0.1, 0.15) is 6.54 Å². The minimum absolute atomic E-state index is 0.0828. The zero-order valence-corrected chi connectivity index (χ0v) is 7.27. The third kappa shape index (κ3) is 2.70. The fourth-order valence-electron chi connectivity index (χ4n) is 0.843. The molecular formula is C8H10N2O3. The summed E-state index contributed by atoms with van der Waals surface area (Å²) in [6, 6.07) is 1.29. The molecule has 0 N–H and O–H groups in total. The summed E-state index contributed by atoms with van der Waals surface area (Å²) in [6.45, 7) is 1.94. The first-order valence-corrected chi connectivity index (χ1v) is 3.90. The Hall–Kier alpha value is -1.65. The highest BCUT2D eigenvalue weighted by atomic mass is 16.5. The molecule has 13 heavy (non-hydrogen) atoms. The summed E-state index contributed by atoms with van der Waals surface area (Å²) in [7, 11) is 0. The molecule has 0 radical (unpaired) electrons. The maximum absolute atomic E-state index is 11.1. The predicted molar refractivity (Wildman–Crippen MR) is 45.1 cm³/mol. The molecule has 0 aliphatic heterocycles. The van der Waals surface area contributed by atoms with Gasteiger partial charge in [0, 0.05) is 12.3 Å². The van der Waals surface area contributed by atoms with Crippen LogP contribution in [0.15, 0.2) is 23.4 Å². The van der Waals surface area contributed by atoms with Crippen molar-refractivity contribution in [1.82, 2.24) is 9.55 Å². The lowest BCUT2D eigenvalue weighted by Gasteiger charge is -2.02. The van der Waals surface area contributed by atoms with Crippen LogP contribution in [-0.2, 0) is 16.1 Å². The second-order valence-electron chi connectivity index (χ2n) is 2.35. The number of carbonyl (C=O) groups excluding carboxylic acids is 1. The Kier molecular flexibility index (Phi) is 3.19. The number of rotatable bonds is 3. The van der Waals surface area contributed by atoms with E-state index in [0.717, 1.165) is 0 Å². The van der Waals surface area contributed by atoms with Crippen LogP contribution in [-0.4, -0.2) is 22.1 Å². The van der Waals surface area contributed by atoms with Crippen molar-refractivity contribution in [3.8, 4) is 0 Å². The molecule has 0 aliphatic rings. The molecule has 1 aromatic rings. The van der Waals surface area contributed by atoms with Gasteiger partial charge < -0.3 is 4.74 Å². The number of aromatic nitrogens is 2. The Balaban J connectivity index is 2.69. The molecule has 0 atom stereocenters. The maximum atomic E-state index is 11.1. The normalized spacial score (nSPS) is 9.62. The van der Waals surface area contributed by atoms with Gasteiger partial charge in [-0.1, -0.05) is 0 Å². The van der Waals surface area contributed by atoms with Gasteiger partial charge in [-0.2, -0.15) is 0 Å². The lowest BCUT2D eigenvalue weighted by molar-refractivity contribution is -0.143. The monoisotopic (exact) mass is 182 g/mol. The molecule has 0 spiro atoms. The van der Waals surface area contributed by atoms with Crippen molar-refractivity contribution in [3.63, 3.8) is 0 Å². The molecule has 0 fully saturated rings. The van der Waals surface area contributed by atoms with Crippen molar-refractivity contribution in [2.45, 2.75) is 13.5 Å². The summed E-state index contributed by atoms with van der Waals surface area (Å²) < 4.78 is 5.87. The Bertz CT molecular complexity index is 345. The quantitative estimate of drug-likeness (QED) is 0.608. The van der Waals surface area contributed by atoms with E-state index in [-0.39, 0.29) is 12.1 Å². The highest BCUT2D eigenvalue weighted by Crippen LogP contribution is 1.83. The number of esters is 1. The first kappa shape index (κ1) is 9.44. The summed E-state index contributed by atoms with van der Waals surface area (Å²) in [5, 5.41) is 0. The summed E-state index contributed by atoms with van der Waals surface area (Å²) in [5.41, 5.74) is -0.261.